The molecule has 7 heteroatoms. The van der Waals surface area contributed by atoms with Crippen molar-refractivity contribution in [3.63, 3.8) is 0 Å². The molecular formula is C14H18N4O3. The van der Waals surface area contributed by atoms with Gasteiger partial charge >= 0.3 is 6.03 Å². The van der Waals surface area contributed by atoms with Gasteiger partial charge in [0.1, 0.15) is 5.41 Å². The van der Waals surface area contributed by atoms with Crippen LogP contribution >= 0.6 is 0 Å². The molecule has 1 aromatic heterocycles. The number of amides is 4. The highest BCUT2D eigenvalue weighted by atomic mass is 16.2. The average molecular weight is 290 g/mol. The molecule has 0 aromatic carbocycles. The first-order valence-corrected chi connectivity index (χ1v) is 7.18. The molecule has 1 saturated carbocycles. The van der Waals surface area contributed by atoms with Crippen molar-refractivity contribution in [3.05, 3.63) is 18.0 Å². The van der Waals surface area contributed by atoms with Crippen LogP contribution in [0.5, 0.6) is 0 Å². The Bertz CT molecular complexity index is 601. The maximum absolute atomic E-state index is 12.6. The number of nitrogens with zero attached hydrogens (tertiary/aromatic N) is 3. The minimum atomic E-state index is -1.01. The third-order valence-electron chi connectivity index (χ3n) is 4.39. The van der Waals surface area contributed by atoms with E-state index in [9.17, 15) is 14.4 Å². The Morgan fingerprint density at radius 1 is 1.29 bits per heavy atom. The number of carbonyl (C=O) groups excluding carboxylic acids is 3. The van der Waals surface area contributed by atoms with Crippen molar-refractivity contribution in [1.82, 2.24) is 20.0 Å². The summed E-state index contributed by atoms with van der Waals surface area (Å²) in [5.41, 5.74) is -0.0569. The first-order chi connectivity index (χ1) is 10.0. The molecule has 21 heavy (non-hydrogen) atoms. The van der Waals surface area contributed by atoms with Gasteiger partial charge in [-0.3, -0.25) is 24.5 Å². The van der Waals surface area contributed by atoms with Gasteiger partial charge in [-0.25, -0.2) is 4.79 Å². The molecular weight excluding hydrogens is 272 g/mol. The largest absolute Gasteiger partial charge is 0.330 e. The number of urea groups is 1. The number of aromatic nitrogens is 2. The van der Waals surface area contributed by atoms with Crippen molar-refractivity contribution in [3.8, 4) is 0 Å². The van der Waals surface area contributed by atoms with Gasteiger partial charge in [0.15, 0.2) is 0 Å². The first-order valence-electron chi connectivity index (χ1n) is 7.18. The quantitative estimate of drug-likeness (QED) is 0.826. The lowest BCUT2D eigenvalue weighted by Gasteiger charge is -2.36. The Hall–Kier alpha value is -2.18. The van der Waals surface area contributed by atoms with Crippen molar-refractivity contribution in [2.45, 2.75) is 32.1 Å². The first kappa shape index (κ1) is 13.8. The van der Waals surface area contributed by atoms with Crippen molar-refractivity contribution in [2.24, 2.45) is 12.5 Å². The Morgan fingerprint density at radius 3 is 2.62 bits per heavy atom. The Balaban J connectivity index is 1.75. The number of imide groups is 2. The summed E-state index contributed by atoms with van der Waals surface area (Å²) in [5.74, 6) is -0.759. The summed E-state index contributed by atoms with van der Waals surface area (Å²) in [4.78, 5) is 37.8. The third kappa shape index (κ3) is 2.22. The van der Waals surface area contributed by atoms with E-state index in [-0.39, 0.29) is 12.5 Å². The van der Waals surface area contributed by atoms with Crippen LogP contribution in [0.4, 0.5) is 4.79 Å². The standard InChI is InChI=1S/C14H18N4O3/c1-17-9-10(8-15-17)4-7-18-12(20)14(5-2-3-6-14)11(19)16-13(18)21/h8-9H,2-7H2,1H3,(H,16,19,21). The summed E-state index contributed by atoms with van der Waals surface area (Å²) in [6, 6.07) is -0.605. The smallest absolute Gasteiger partial charge is 0.277 e. The lowest BCUT2D eigenvalue weighted by atomic mass is 9.82. The van der Waals surface area contributed by atoms with Crippen LogP contribution in [0.15, 0.2) is 12.4 Å². The lowest BCUT2D eigenvalue weighted by molar-refractivity contribution is -0.151. The van der Waals surface area contributed by atoms with E-state index in [2.05, 4.69) is 10.4 Å². The number of hydrogen-bond donors (Lipinski definition) is 1. The molecule has 2 heterocycles. The summed E-state index contributed by atoms with van der Waals surface area (Å²) in [6.45, 7) is 0.269. The molecule has 112 valence electrons. The number of hydrogen-bond acceptors (Lipinski definition) is 4. The van der Waals surface area contributed by atoms with Crippen molar-refractivity contribution >= 4 is 17.8 Å². The maximum Gasteiger partial charge on any atom is 0.330 e. The molecule has 2 fully saturated rings. The van der Waals surface area contributed by atoms with E-state index >= 15 is 0 Å². The molecule has 1 aromatic rings. The fraction of sp³-hybridized carbons (Fsp3) is 0.571. The Labute approximate surface area is 122 Å². The number of barbiturate groups is 1. The van der Waals surface area contributed by atoms with Crippen LogP contribution in [-0.2, 0) is 23.1 Å². The van der Waals surface area contributed by atoms with Crippen LogP contribution in [0.2, 0.25) is 0 Å². The second-order valence-corrected chi connectivity index (χ2v) is 5.78. The second-order valence-electron chi connectivity index (χ2n) is 5.78. The molecule has 0 bridgehead atoms. The summed E-state index contributed by atoms with van der Waals surface area (Å²) >= 11 is 0. The Morgan fingerprint density at radius 2 is 2.00 bits per heavy atom. The zero-order valence-electron chi connectivity index (χ0n) is 12.0. The average Bonchev–Trinajstić information content (AvgIpc) is 3.07. The van der Waals surface area contributed by atoms with E-state index in [0.717, 1.165) is 18.4 Å². The molecule has 0 atom stereocenters. The molecule has 1 spiro atoms. The molecule has 7 nitrogen and oxygen atoms in total. The zero-order chi connectivity index (χ0) is 15.0. The molecule has 0 radical (unpaired) electrons. The topological polar surface area (TPSA) is 84.3 Å². The van der Waals surface area contributed by atoms with Gasteiger partial charge in [0, 0.05) is 19.8 Å². The van der Waals surface area contributed by atoms with E-state index in [1.807, 2.05) is 13.2 Å². The molecule has 1 N–H and O–H groups in total. The van der Waals surface area contributed by atoms with Gasteiger partial charge < -0.3 is 0 Å². The van der Waals surface area contributed by atoms with Gasteiger partial charge in [-0.05, 0) is 24.8 Å². The minimum Gasteiger partial charge on any atom is -0.277 e. The highest BCUT2D eigenvalue weighted by molar-refractivity contribution is 6.19. The normalized spacial score (nSPS) is 21.2. The number of nitrogens with one attached hydrogen (secondary N) is 1. The highest BCUT2D eigenvalue weighted by Crippen LogP contribution is 2.41. The van der Waals surface area contributed by atoms with E-state index in [0.29, 0.717) is 19.3 Å². The molecule has 1 aliphatic heterocycles. The van der Waals surface area contributed by atoms with Gasteiger partial charge in [0.25, 0.3) is 0 Å². The van der Waals surface area contributed by atoms with Crippen molar-refractivity contribution in [1.29, 1.82) is 0 Å². The SMILES string of the molecule is Cn1cc(CCN2C(=O)NC(=O)C3(CCCC3)C2=O)cn1. The summed E-state index contributed by atoms with van der Waals surface area (Å²) < 4.78 is 1.68. The van der Waals surface area contributed by atoms with Crippen LogP contribution in [0.3, 0.4) is 0 Å². The van der Waals surface area contributed by atoms with Gasteiger partial charge in [-0.1, -0.05) is 12.8 Å². The number of aryl methyl sites for hydroxylation is 1. The van der Waals surface area contributed by atoms with E-state index < -0.39 is 17.4 Å². The van der Waals surface area contributed by atoms with Crippen LogP contribution in [0.25, 0.3) is 0 Å². The number of carbonyl (C=O) groups is 3. The van der Waals surface area contributed by atoms with Gasteiger partial charge in [0.05, 0.1) is 6.20 Å². The third-order valence-corrected chi connectivity index (χ3v) is 4.39. The Kier molecular flexibility index (Phi) is 3.27. The molecule has 1 saturated heterocycles. The van der Waals surface area contributed by atoms with E-state index in [4.69, 9.17) is 0 Å². The van der Waals surface area contributed by atoms with Gasteiger partial charge in [-0.2, -0.15) is 5.10 Å². The molecule has 1 aliphatic carbocycles. The van der Waals surface area contributed by atoms with Gasteiger partial charge in [-0.15, -0.1) is 0 Å². The monoisotopic (exact) mass is 290 g/mol. The lowest BCUT2D eigenvalue weighted by Crippen LogP contribution is -2.63. The summed E-state index contributed by atoms with van der Waals surface area (Å²) in [6.07, 6.45) is 6.87. The van der Waals surface area contributed by atoms with E-state index in [1.165, 1.54) is 4.90 Å². The second kappa shape index (κ2) is 4.98. The fourth-order valence-electron chi connectivity index (χ4n) is 3.20. The van der Waals surface area contributed by atoms with Crippen LogP contribution in [0, 0.1) is 5.41 Å². The maximum atomic E-state index is 12.6. The summed E-state index contributed by atoms with van der Waals surface area (Å²) in [7, 11) is 1.81. The number of rotatable bonds is 3. The predicted octanol–water partition coefficient (Wildman–Crippen LogP) is 0.601. The van der Waals surface area contributed by atoms with Crippen molar-refractivity contribution < 1.29 is 14.4 Å². The fourth-order valence-corrected chi connectivity index (χ4v) is 3.20. The molecule has 0 unspecified atom stereocenters. The van der Waals surface area contributed by atoms with E-state index in [1.54, 1.807) is 10.9 Å². The van der Waals surface area contributed by atoms with Gasteiger partial charge in [0.2, 0.25) is 11.8 Å². The minimum absolute atomic E-state index is 0.269. The van der Waals surface area contributed by atoms with Crippen LogP contribution in [-0.4, -0.2) is 39.1 Å². The van der Waals surface area contributed by atoms with Crippen LogP contribution in [0.1, 0.15) is 31.2 Å². The molecule has 2 aliphatic rings. The predicted molar refractivity (Wildman–Crippen MR) is 73.1 cm³/mol. The summed E-state index contributed by atoms with van der Waals surface area (Å²) in [5, 5.41) is 6.40. The highest BCUT2D eigenvalue weighted by Gasteiger charge is 2.54. The van der Waals surface area contributed by atoms with Crippen molar-refractivity contribution in [2.75, 3.05) is 6.54 Å². The molecule has 3 rings (SSSR count). The van der Waals surface area contributed by atoms with Crippen LogP contribution < -0.4 is 5.32 Å². The zero-order valence-corrected chi connectivity index (χ0v) is 12.0. The molecule has 4 amide bonds.